The maximum Gasteiger partial charge on any atom is 0.321 e. The number of urea groups is 1. The molecule has 3 heterocycles. The predicted octanol–water partition coefficient (Wildman–Crippen LogP) is 3.04. The molecule has 8 heteroatoms. The number of hydrogen-bond donors (Lipinski definition) is 2. The smallest absolute Gasteiger partial charge is 0.321 e. The minimum atomic E-state index is -0.260. The van der Waals surface area contributed by atoms with Gasteiger partial charge >= 0.3 is 6.03 Å². The summed E-state index contributed by atoms with van der Waals surface area (Å²) < 4.78 is 10.7. The van der Waals surface area contributed by atoms with Crippen molar-refractivity contribution in [3.63, 3.8) is 0 Å². The van der Waals surface area contributed by atoms with Crippen LogP contribution < -0.4 is 10.6 Å². The van der Waals surface area contributed by atoms with E-state index in [9.17, 15) is 4.79 Å². The number of benzene rings is 1. The standard InChI is InChI=1S/C18H20N4O3S/c23-17(19-10-13-1-2-16-14(9-13)3-6-25-16)21-18-20-15(12-26-18)11-22-4-7-24-8-5-22/h1-3,6,9,12H,4-5,7-8,10-11H2,(H2,19,20,21,23). The van der Waals surface area contributed by atoms with Gasteiger partial charge in [-0.15, -0.1) is 11.3 Å². The third-order valence-electron chi connectivity index (χ3n) is 4.23. The zero-order valence-electron chi connectivity index (χ0n) is 14.2. The fourth-order valence-corrected chi connectivity index (χ4v) is 3.57. The number of amides is 2. The van der Waals surface area contributed by atoms with E-state index in [4.69, 9.17) is 9.15 Å². The molecule has 7 nitrogen and oxygen atoms in total. The Morgan fingerprint density at radius 2 is 2.15 bits per heavy atom. The summed E-state index contributed by atoms with van der Waals surface area (Å²) in [5.41, 5.74) is 2.83. The molecule has 1 saturated heterocycles. The van der Waals surface area contributed by atoms with Crippen molar-refractivity contribution in [2.45, 2.75) is 13.1 Å². The number of anilines is 1. The van der Waals surface area contributed by atoms with E-state index in [1.165, 1.54) is 11.3 Å². The number of morpholine rings is 1. The van der Waals surface area contributed by atoms with Crippen LogP contribution in [-0.4, -0.2) is 42.2 Å². The summed E-state index contributed by atoms with van der Waals surface area (Å²) >= 11 is 1.44. The fraction of sp³-hybridized carbons (Fsp3) is 0.333. The third kappa shape index (κ3) is 4.21. The molecule has 2 aromatic heterocycles. The Morgan fingerprint density at radius 3 is 3.04 bits per heavy atom. The second-order valence-corrected chi connectivity index (χ2v) is 6.99. The van der Waals surface area contributed by atoms with Crippen LogP contribution in [0.4, 0.5) is 9.93 Å². The van der Waals surface area contributed by atoms with Crippen molar-refractivity contribution in [2.24, 2.45) is 0 Å². The Bertz CT molecular complexity index is 885. The second kappa shape index (κ2) is 7.86. The average Bonchev–Trinajstić information content (AvgIpc) is 3.29. The zero-order valence-corrected chi connectivity index (χ0v) is 15.1. The highest BCUT2D eigenvalue weighted by Gasteiger charge is 2.13. The maximum atomic E-state index is 12.1. The van der Waals surface area contributed by atoms with Crippen LogP contribution in [0.3, 0.4) is 0 Å². The van der Waals surface area contributed by atoms with Gasteiger partial charge in [0.25, 0.3) is 0 Å². The van der Waals surface area contributed by atoms with Crippen LogP contribution in [0, 0.1) is 0 Å². The minimum absolute atomic E-state index is 0.260. The number of nitrogens with zero attached hydrogens (tertiary/aromatic N) is 2. The lowest BCUT2D eigenvalue weighted by atomic mass is 10.1. The van der Waals surface area contributed by atoms with Gasteiger partial charge in [0.05, 0.1) is 25.2 Å². The molecule has 2 amide bonds. The van der Waals surface area contributed by atoms with Crippen molar-refractivity contribution in [1.82, 2.24) is 15.2 Å². The lowest BCUT2D eigenvalue weighted by Crippen LogP contribution is -2.35. The summed E-state index contributed by atoms with van der Waals surface area (Å²) in [5.74, 6) is 0. The van der Waals surface area contributed by atoms with Crippen LogP contribution in [0.5, 0.6) is 0 Å². The SMILES string of the molecule is O=C(NCc1ccc2occc2c1)Nc1nc(CN2CCOCC2)cs1. The number of carbonyl (C=O) groups is 1. The molecule has 1 fully saturated rings. The van der Waals surface area contributed by atoms with Crippen LogP contribution in [-0.2, 0) is 17.8 Å². The molecule has 0 spiro atoms. The van der Waals surface area contributed by atoms with Gasteiger partial charge in [-0.2, -0.15) is 0 Å². The summed E-state index contributed by atoms with van der Waals surface area (Å²) in [7, 11) is 0. The molecule has 0 atom stereocenters. The lowest BCUT2D eigenvalue weighted by molar-refractivity contribution is 0.0337. The summed E-state index contributed by atoms with van der Waals surface area (Å²) in [4.78, 5) is 18.9. The van der Waals surface area contributed by atoms with Crippen LogP contribution in [0.15, 0.2) is 40.3 Å². The number of furan rings is 1. The van der Waals surface area contributed by atoms with Crippen molar-refractivity contribution in [3.8, 4) is 0 Å². The van der Waals surface area contributed by atoms with Crippen molar-refractivity contribution in [3.05, 3.63) is 47.2 Å². The van der Waals surface area contributed by atoms with Crippen LogP contribution in [0.2, 0.25) is 0 Å². The Balaban J connectivity index is 1.27. The van der Waals surface area contributed by atoms with E-state index in [1.807, 2.05) is 29.6 Å². The molecule has 4 rings (SSSR count). The number of carbonyl (C=O) groups excluding carboxylic acids is 1. The van der Waals surface area contributed by atoms with E-state index in [2.05, 4.69) is 20.5 Å². The van der Waals surface area contributed by atoms with Crippen molar-refractivity contribution >= 4 is 33.5 Å². The number of hydrogen-bond acceptors (Lipinski definition) is 6. The topological polar surface area (TPSA) is 79.6 Å². The number of thiazole rings is 1. The van der Waals surface area contributed by atoms with E-state index < -0.39 is 0 Å². The van der Waals surface area contributed by atoms with Gasteiger partial charge in [0.1, 0.15) is 5.58 Å². The Morgan fingerprint density at radius 1 is 1.27 bits per heavy atom. The summed E-state index contributed by atoms with van der Waals surface area (Å²) in [5, 5.41) is 9.27. The zero-order chi connectivity index (χ0) is 17.8. The monoisotopic (exact) mass is 372 g/mol. The van der Waals surface area contributed by atoms with Crippen molar-refractivity contribution in [2.75, 3.05) is 31.6 Å². The minimum Gasteiger partial charge on any atom is -0.464 e. The molecule has 0 bridgehead atoms. The Kier molecular flexibility index (Phi) is 5.14. The molecule has 0 unspecified atom stereocenters. The summed E-state index contributed by atoms with van der Waals surface area (Å²) in [6.45, 7) is 4.60. The number of ether oxygens (including phenoxy) is 1. The van der Waals surface area contributed by atoms with Gasteiger partial charge in [-0.05, 0) is 23.8 Å². The number of rotatable bonds is 5. The molecule has 136 valence electrons. The fourth-order valence-electron chi connectivity index (χ4n) is 2.88. The molecule has 0 saturated carbocycles. The molecule has 3 aromatic rings. The third-order valence-corrected chi connectivity index (χ3v) is 5.04. The molecule has 0 aliphatic carbocycles. The molecular weight excluding hydrogens is 352 g/mol. The molecule has 0 radical (unpaired) electrons. The van der Waals surface area contributed by atoms with Gasteiger partial charge in [0.15, 0.2) is 5.13 Å². The van der Waals surface area contributed by atoms with Gasteiger partial charge in [-0.1, -0.05) is 6.07 Å². The molecule has 1 aliphatic heterocycles. The molecular formula is C18H20N4O3S. The molecule has 1 aliphatic rings. The Hall–Kier alpha value is -2.42. The van der Waals surface area contributed by atoms with Gasteiger partial charge in [0.2, 0.25) is 0 Å². The van der Waals surface area contributed by atoms with Gasteiger partial charge in [-0.25, -0.2) is 9.78 Å². The first-order chi connectivity index (χ1) is 12.8. The first-order valence-corrected chi connectivity index (χ1v) is 9.40. The summed E-state index contributed by atoms with van der Waals surface area (Å²) in [6, 6.07) is 7.50. The van der Waals surface area contributed by atoms with E-state index in [0.717, 1.165) is 55.1 Å². The quantitative estimate of drug-likeness (QED) is 0.720. The van der Waals surface area contributed by atoms with E-state index in [1.54, 1.807) is 6.26 Å². The highest BCUT2D eigenvalue weighted by Crippen LogP contribution is 2.18. The van der Waals surface area contributed by atoms with E-state index >= 15 is 0 Å². The summed E-state index contributed by atoms with van der Waals surface area (Å²) in [6.07, 6.45) is 1.66. The molecule has 1 aromatic carbocycles. The lowest BCUT2D eigenvalue weighted by Gasteiger charge is -2.25. The highest BCUT2D eigenvalue weighted by atomic mass is 32.1. The van der Waals surface area contributed by atoms with Gasteiger partial charge in [0, 0.05) is 36.9 Å². The van der Waals surface area contributed by atoms with Crippen molar-refractivity contribution in [1.29, 1.82) is 0 Å². The second-order valence-electron chi connectivity index (χ2n) is 6.13. The maximum absolute atomic E-state index is 12.1. The largest absolute Gasteiger partial charge is 0.464 e. The number of fused-ring (bicyclic) bond motifs is 1. The molecule has 26 heavy (non-hydrogen) atoms. The van der Waals surface area contributed by atoms with E-state index in [0.29, 0.717) is 11.7 Å². The average molecular weight is 372 g/mol. The van der Waals surface area contributed by atoms with Gasteiger partial charge in [-0.3, -0.25) is 10.2 Å². The number of aromatic nitrogens is 1. The highest BCUT2D eigenvalue weighted by molar-refractivity contribution is 7.13. The van der Waals surface area contributed by atoms with Crippen LogP contribution >= 0.6 is 11.3 Å². The number of nitrogens with one attached hydrogen (secondary N) is 2. The van der Waals surface area contributed by atoms with Crippen LogP contribution in [0.1, 0.15) is 11.3 Å². The van der Waals surface area contributed by atoms with Crippen molar-refractivity contribution < 1.29 is 13.9 Å². The normalized spacial score (nSPS) is 15.2. The Labute approximate surface area is 155 Å². The van der Waals surface area contributed by atoms with Crippen LogP contribution in [0.25, 0.3) is 11.0 Å². The van der Waals surface area contributed by atoms with E-state index in [-0.39, 0.29) is 6.03 Å². The first-order valence-electron chi connectivity index (χ1n) is 8.52. The first kappa shape index (κ1) is 17.0. The van der Waals surface area contributed by atoms with Gasteiger partial charge < -0.3 is 14.5 Å². The predicted molar refractivity (Wildman–Crippen MR) is 100 cm³/mol. The molecule has 2 N–H and O–H groups in total.